The van der Waals surface area contributed by atoms with Gasteiger partial charge in [-0.25, -0.2) is 9.59 Å². The zero-order valence-electron chi connectivity index (χ0n) is 31.9. The molecule has 0 radical (unpaired) electrons. The van der Waals surface area contributed by atoms with Crippen LogP contribution in [0.3, 0.4) is 0 Å². The number of aliphatic hydroxyl groups excluding tert-OH is 3. The molecule has 11 atom stereocenters. The molecule has 12 heteroatoms. The molecule has 0 spiro atoms. The first-order valence-electron chi connectivity index (χ1n) is 19.4. The summed E-state index contributed by atoms with van der Waals surface area (Å²) >= 11 is 0. The summed E-state index contributed by atoms with van der Waals surface area (Å²) in [5, 5.41) is 60.0. The van der Waals surface area contributed by atoms with Crippen molar-refractivity contribution >= 4 is 34.2 Å². The molecule has 6 unspecified atom stereocenters. The number of allylic oxidation sites excluding steroid dienone is 1. The van der Waals surface area contributed by atoms with Crippen molar-refractivity contribution < 1.29 is 44.3 Å². The number of nitrogens with zero attached hydrogens (tertiary/aromatic N) is 1. The normalized spacial score (nSPS) is 34.6. The Morgan fingerprint density at radius 1 is 1.08 bits per heavy atom. The first-order chi connectivity index (χ1) is 24.9. The van der Waals surface area contributed by atoms with Crippen LogP contribution in [-0.4, -0.2) is 86.6 Å². The van der Waals surface area contributed by atoms with Gasteiger partial charge in [-0.2, -0.15) is 0 Å². The number of anilines is 2. The second kappa shape index (κ2) is 14.4. The third-order valence-corrected chi connectivity index (χ3v) is 14.0. The number of aliphatic hydroxyl groups is 5. The Balaban J connectivity index is 1.05. The number of hydrogen-bond donors (Lipinski definition) is 6. The van der Waals surface area contributed by atoms with Crippen LogP contribution in [0.5, 0.6) is 0 Å². The zero-order chi connectivity index (χ0) is 38.7. The molecular weight excluding hydrogens is 680 g/mol. The van der Waals surface area contributed by atoms with Crippen molar-refractivity contribution in [3.05, 3.63) is 46.3 Å². The predicted octanol–water partition coefficient (Wildman–Crippen LogP) is 4.92. The first kappa shape index (κ1) is 39.4. The molecule has 1 heterocycles. The van der Waals surface area contributed by atoms with Crippen LogP contribution in [0.4, 0.5) is 16.2 Å². The molecule has 1 amide bonds. The fourth-order valence-corrected chi connectivity index (χ4v) is 10.7. The highest BCUT2D eigenvalue weighted by molar-refractivity contribution is 5.95. The van der Waals surface area contributed by atoms with Gasteiger partial charge in [0, 0.05) is 41.6 Å². The molecule has 4 aliphatic carbocycles. The minimum Gasteiger partial charge on any atom is -0.449 e. The van der Waals surface area contributed by atoms with Crippen molar-refractivity contribution in [2.24, 2.45) is 34.5 Å². The number of carbonyl (C=O) groups is 2. The molecule has 0 saturated heterocycles. The van der Waals surface area contributed by atoms with Gasteiger partial charge in [-0.15, -0.1) is 0 Å². The second-order valence-corrected chi connectivity index (χ2v) is 17.1. The SMILES string of the molecule is CCN(CC)c1ccc2cc(NC(=O)OCC(C)CC[C@@H](O)C(C)(O)C3CC[C@@]4(O)C5=CC(=O)[C@@H]6C[C@@H](O)[C@@H](O)CC6(C)C5CCC34C)c(=O)oc2c1. The number of ether oxygens (including phenoxy) is 1. The van der Waals surface area contributed by atoms with E-state index < -0.39 is 63.9 Å². The molecule has 6 rings (SSSR count). The molecule has 2 aromatic rings. The van der Waals surface area contributed by atoms with E-state index in [9.17, 15) is 39.9 Å². The smallest absolute Gasteiger partial charge is 0.411 e. The molecule has 1 aromatic carbocycles. The van der Waals surface area contributed by atoms with Gasteiger partial charge in [0.15, 0.2) is 5.78 Å². The quantitative estimate of drug-likeness (QED) is 0.172. The van der Waals surface area contributed by atoms with E-state index >= 15 is 0 Å². The lowest BCUT2D eigenvalue weighted by molar-refractivity contribution is -0.176. The van der Waals surface area contributed by atoms with Crippen LogP contribution < -0.4 is 15.8 Å². The Morgan fingerprint density at radius 2 is 1.79 bits per heavy atom. The summed E-state index contributed by atoms with van der Waals surface area (Å²) in [6, 6.07) is 7.13. The van der Waals surface area contributed by atoms with Crippen molar-refractivity contribution in [3.8, 4) is 0 Å². The van der Waals surface area contributed by atoms with Crippen molar-refractivity contribution in [1.82, 2.24) is 0 Å². The molecule has 292 valence electrons. The first-order valence-corrected chi connectivity index (χ1v) is 19.4. The van der Waals surface area contributed by atoms with Crippen molar-refractivity contribution in [2.75, 3.05) is 29.9 Å². The molecule has 3 saturated carbocycles. The van der Waals surface area contributed by atoms with E-state index in [1.54, 1.807) is 25.1 Å². The Hall–Kier alpha value is -3.29. The Bertz CT molecular complexity index is 1800. The monoisotopic (exact) mass is 738 g/mol. The van der Waals surface area contributed by atoms with E-state index in [1.807, 2.05) is 46.8 Å². The summed E-state index contributed by atoms with van der Waals surface area (Å²) in [5.41, 5.74) is -3.03. The maximum Gasteiger partial charge on any atom is 0.411 e. The number of fused-ring (bicyclic) bond motifs is 6. The zero-order valence-corrected chi connectivity index (χ0v) is 31.9. The van der Waals surface area contributed by atoms with Crippen LogP contribution >= 0.6 is 0 Å². The summed E-state index contributed by atoms with van der Waals surface area (Å²) in [7, 11) is 0. The number of carbonyl (C=O) groups excluding carboxylic acids is 2. The molecule has 1 aromatic heterocycles. The van der Waals surface area contributed by atoms with E-state index in [0.717, 1.165) is 18.8 Å². The lowest BCUT2D eigenvalue weighted by Crippen LogP contribution is -2.62. The summed E-state index contributed by atoms with van der Waals surface area (Å²) in [5.74, 6) is -1.34. The van der Waals surface area contributed by atoms with Crippen molar-refractivity contribution in [1.29, 1.82) is 0 Å². The van der Waals surface area contributed by atoms with Gasteiger partial charge in [-0.3, -0.25) is 10.1 Å². The van der Waals surface area contributed by atoms with Gasteiger partial charge in [-0.05, 0) is 125 Å². The lowest BCUT2D eigenvalue weighted by atomic mass is 9.45. The van der Waals surface area contributed by atoms with Gasteiger partial charge in [0.25, 0.3) is 0 Å². The molecule has 6 N–H and O–H groups in total. The van der Waals surface area contributed by atoms with E-state index in [4.69, 9.17) is 9.15 Å². The average molecular weight is 739 g/mol. The molecule has 12 nitrogen and oxygen atoms in total. The van der Waals surface area contributed by atoms with Crippen LogP contribution in [0.1, 0.15) is 92.9 Å². The average Bonchev–Trinajstić information content (AvgIpc) is 3.40. The van der Waals surface area contributed by atoms with E-state index in [1.165, 1.54) is 0 Å². The van der Waals surface area contributed by atoms with Gasteiger partial charge in [-0.1, -0.05) is 20.8 Å². The summed E-state index contributed by atoms with van der Waals surface area (Å²) in [4.78, 5) is 40.9. The molecule has 53 heavy (non-hydrogen) atoms. The second-order valence-electron chi connectivity index (χ2n) is 17.1. The molecule has 3 fully saturated rings. The summed E-state index contributed by atoms with van der Waals surface area (Å²) in [6.45, 7) is 13.2. The Labute approximate surface area is 311 Å². The molecule has 0 bridgehead atoms. The Morgan fingerprint density at radius 3 is 2.49 bits per heavy atom. The molecular formula is C41H58N2O10. The molecule has 4 aliphatic rings. The number of amides is 1. The Kier molecular flexibility index (Phi) is 10.7. The summed E-state index contributed by atoms with van der Waals surface area (Å²) in [6.07, 6.45) is 0.907. The highest BCUT2D eigenvalue weighted by atomic mass is 16.5. The fraction of sp³-hybridized carbons (Fsp3) is 0.683. The standard InChI is InChI=1S/C41H58N2O10/c1-7-43(8-2)25-11-10-24-17-29(36(48)53-33(24)18-25)42-37(49)52-22-23(3)9-12-35(47)40(6,50)34-14-16-41(51)27-19-30(44)28-20-31(45)32(46)21-38(28,4)26(27)13-15-39(34,41)5/h10-11,17-19,23,26,28,31-32,34-35,45-47,50-51H,7-9,12-16,20-22H2,1-6H3,(H,42,49)/t23?,26?,28-,31+,32-,34?,35+,38?,39?,40?,41+/m0/s1. The van der Waals surface area contributed by atoms with E-state index in [0.29, 0.717) is 48.6 Å². The number of nitrogens with one attached hydrogen (secondary N) is 1. The molecule has 0 aliphatic heterocycles. The van der Waals surface area contributed by atoms with Crippen molar-refractivity contribution in [2.45, 2.75) is 122 Å². The van der Waals surface area contributed by atoms with Crippen LogP contribution in [0.2, 0.25) is 0 Å². The van der Waals surface area contributed by atoms with Crippen LogP contribution in [-0.2, 0) is 9.53 Å². The number of rotatable bonds is 11. The van der Waals surface area contributed by atoms with E-state index in [2.05, 4.69) is 10.2 Å². The maximum atomic E-state index is 13.5. The highest BCUT2D eigenvalue weighted by Crippen LogP contribution is 2.68. The number of benzene rings is 1. The minimum atomic E-state index is -1.56. The topological polar surface area (TPSA) is 190 Å². The van der Waals surface area contributed by atoms with Gasteiger partial charge in [0.05, 0.1) is 36.1 Å². The highest BCUT2D eigenvalue weighted by Gasteiger charge is 2.69. The van der Waals surface area contributed by atoms with Crippen LogP contribution in [0.25, 0.3) is 11.0 Å². The van der Waals surface area contributed by atoms with Gasteiger partial charge >= 0.3 is 11.7 Å². The third kappa shape index (κ3) is 6.73. The lowest BCUT2D eigenvalue weighted by Gasteiger charge is -2.60. The van der Waals surface area contributed by atoms with E-state index in [-0.39, 0.29) is 49.2 Å². The largest absolute Gasteiger partial charge is 0.449 e. The minimum absolute atomic E-state index is 0.0167. The summed E-state index contributed by atoms with van der Waals surface area (Å²) < 4.78 is 10.9. The predicted molar refractivity (Wildman–Crippen MR) is 200 cm³/mol. The maximum absolute atomic E-state index is 13.5. The third-order valence-electron chi connectivity index (χ3n) is 14.0. The van der Waals surface area contributed by atoms with Gasteiger partial charge in [0.2, 0.25) is 0 Å². The fourth-order valence-electron chi connectivity index (χ4n) is 10.7. The number of hydrogen-bond acceptors (Lipinski definition) is 11. The van der Waals surface area contributed by atoms with Crippen LogP contribution in [0.15, 0.2) is 45.1 Å². The number of ketones is 1. The van der Waals surface area contributed by atoms with Gasteiger partial charge in [0.1, 0.15) is 11.3 Å². The van der Waals surface area contributed by atoms with Gasteiger partial charge < -0.3 is 39.6 Å². The van der Waals surface area contributed by atoms with Crippen LogP contribution in [0, 0.1) is 34.5 Å². The van der Waals surface area contributed by atoms with Crippen molar-refractivity contribution in [3.63, 3.8) is 0 Å².